The van der Waals surface area contributed by atoms with Crippen molar-refractivity contribution in [2.45, 2.75) is 38.2 Å². The van der Waals surface area contributed by atoms with Gasteiger partial charge in [0.05, 0.1) is 15.5 Å². The number of aryl methyl sites for hydroxylation is 1. The normalized spacial score (nSPS) is 11.8. The quantitative estimate of drug-likeness (QED) is 0.417. The van der Waals surface area contributed by atoms with Gasteiger partial charge in [-0.3, -0.25) is 0 Å². The molecule has 0 aliphatic carbocycles. The van der Waals surface area contributed by atoms with Gasteiger partial charge in [0.2, 0.25) is 0 Å². The lowest BCUT2D eigenvalue weighted by Crippen LogP contribution is -2.09. The molecule has 0 saturated carbocycles. The van der Waals surface area contributed by atoms with Crippen molar-refractivity contribution < 1.29 is 22.4 Å². The van der Waals surface area contributed by atoms with Gasteiger partial charge in [0.15, 0.2) is 9.84 Å². The summed E-state index contributed by atoms with van der Waals surface area (Å²) in [4.78, 5) is 24.3. The summed E-state index contributed by atoms with van der Waals surface area (Å²) in [6.45, 7) is 5.90. The van der Waals surface area contributed by atoms with Crippen molar-refractivity contribution in [1.82, 2.24) is 0 Å². The van der Waals surface area contributed by atoms with E-state index in [1.165, 1.54) is 24.3 Å². The fourth-order valence-corrected chi connectivity index (χ4v) is 4.58. The minimum atomic E-state index is -3.60. The number of esters is 1. The minimum absolute atomic E-state index is 0.0253. The van der Waals surface area contributed by atoms with Crippen LogP contribution in [0.4, 0.5) is 0 Å². The highest BCUT2D eigenvalue weighted by Crippen LogP contribution is 2.28. The maximum Gasteiger partial charge on any atom is 0.338 e. The van der Waals surface area contributed by atoms with Gasteiger partial charge < -0.3 is 9.15 Å². The molecule has 0 saturated heterocycles. The van der Waals surface area contributed by atoms with Crippen LogP contribution in [0.25, 0.3) is 11.0 Å². The molecule has 158 valence electrons. The first-order valence-corrected chi connectivity index (χ1v) is 11.5. The first kappa shape index (κ1) is 22.1. The maximum atomic E-state index is 12.5. The fraction of sp³-hybridized carbons (Fsp3) is 0.273. The SMILES string of the molecule is Cc1cc2oc(=O)cc(COC(=O)c3ccc(Cl)c(S(C)(=O)=O)c3)c2cc1C(C)C. The van der Waals surface area contributed by atoms with E-state index in [9.17, 15) is 18.0 Å². The van der Waals surface area contributed by atoms with Gasteiger partial charge in [-0.25, -0.2) is 18.0 Å². The summed E-state index contributed by atoms with van der Waals surface area (Å²) < 4.78 is 34.3. The predicted molar refractivity (Wildman–Crippen MR) is 115 cm³/mol. The van der Waals surface area contributed by atoms with Crippen molar-refractivity contribution in [3.8, 4) is 0 Å². The van der Waals surface area contributed by atoms with Gasteiger partial charge in [-0.1, -0.05) is 25.4 Å². The second kappa shape index (κ2) is 8.24. The molecule has 3 rings (SSSR count). The fourth-order valence-electron chi connectivity index (χ4n) is 3.27. The first-order valence-electron chi connectivity index (χ1n) is 9.21. The Balaban J connectivity index is 1.95. The van der Waals surface area contributed by atoms with Gasteiger partial charge in [-0.2, -0.15) is 0 Å². The molecule has 0 aliphatic rings. The van der Waals surface area contributed by atoms with Crippen molar-refractivity contribution >= 4 is 38.4 Å². The molecule has 1 aromatic heterocycles. The summed E-state index contributed by atoms with van der Waals surface area (Å²) in [7, 11) is -3.60. The third kappa shape index (κ3) is 4.57. The summed E-state index contributed by atoms with van der Waals surface area (Å²) in [5, 5.41) is 0.710. The zero-order valence-electron chi connectivity index (χ0n) is 17.0. The van der Waals surface area contributed by atoms with E-state index in [1.807, 2.05) is 13.0 Å². The number of benzene rings is 2. The number of rotatable bonds is 5. The first-order chi connectivity index (χ1) is 14.0. The molecule has 0 aliphatic heterocycles. The van der Waals surface area contributed by atoms with E-state index < -0.39 is 21.4 Å². The van der Waals surface area contributed by atoms with Crippen LogP contribution in [0, 0.1) is 6.92 Å². The highest BCUT2D eigenvalue weighted by molar-refractivity contribution is 7.90. The Bertz CT molecular complexity index is 1310. The van der Waals surface area contributed by atoms with Gasteiger partial charge >= 0.3 is 11.6 Å². The Morgan fingerprint density at radius 1 is 1.17 bits per heavy atom. The second-order valence-electron chi connectivity index (χ2n) is 7.44. The van der Waals surface area contributed by atoms with Crippen LogP contribution in [0.1, 0.15) is 46.8 Å². The predicted octanol–water partition coefficient (Wildman–Crippen LogP) is 4.64. The van der Waals surface area contributed by atoms with Crippen molar-refractivity contribution in [3.05, 3.63) is 74.1 Å². The van der Waals surface area contributed by atoms with Crippen LogP contribution in [0.3, 0.4) is 0 Å². The Hall–Kier alpha value is -2.64. The number of sulfone groups is 1. The molecule has 0 spiro atoms. The Kier molecular flexibility index (Phi) is 6.06. The standard InChI is InChI=1S/C22H21ClO6S/c1-12(2)16-10-17-15(9-21(24)29-19(17)7-13(16)3)11-28-22(25)14-5-6-18(23)20(8-14)30(4,26)27/h5-10,12H,11H2,1-4H3. The molecule has 0 fully saturated rings. The number of ether oxygens (including phenoxy) is 1. The number of halogens is 1. The summed E-state index contributed by atoms with van der Waals surface area (Å²) in [5.41, 5.74) is 2.53. The molecule has 0 N–H and O–H groups in total. The molecule has 6 nitrogen and oxygen atoms in total. The molecule has 30 heavy (non-hydrogen) atoms. The van der Waals surface area contributed by atoms with Crippen LogP contribution in [-0.2, 0) is 21.2 Å². The van der Waals surface area contributed by atoms with Gasteiger partial charge in [0.25, 0.3) is 0 Å². The topological polar surface area (TPSA) is 90.7 Å². The van der Waals surface area contributed by atoms with Gasteiger partial charge in [-0.15, -0.1) is 0 Å². The molecule has 0 bridgehead atoms. The van der Waals surface area contributed by atoms with Crippen molar-refractivity contribution in [2.24, 2.45) is 0 Å². The van der Waals surface area contributed by atoms with Gasteiger partial charge in [0, 0.05) is 23.3 Å². The number of hydrogen-bond acceptors (Lipinski definition) is 6. The van der Waals surface area contributed by atoms with Crippen LogP contribution in [0.15, 0.2) is 50.5 Å². The average Bonchev–Trinajstić information content (AvgIpc) is 2.64. The third-order valence-electron chi connectivity index (χ3n) is 4.76. The summed E-state index contributed by atoms with van der Waals surface area (Å²) >= 11 is 5.92. The van der Waals surface area contributed by atoms with Crippen molar-refractivity contribution in [1.29, 1.82) is 0 Å². The number of carbonyl (C=O) groups excluding carboxylic acids is 1. The Labute approximate surface area is 179 Å². The molecule has 3 aromatic rings. The summed E-state index contributed by atoms with van der Waals surface area (Å²) in [5.74, 6) is -0.464. The molecular weight excluding hydrogens is 428 g/mol. The minimum Gasteiger partial charge on any atom is -0.457 e. The highest BCUT2D eigenvalue weighted by Gasteiger charge is 2.18. The zero-order chi connectivity index (χ0) is 22.2. The Morgan fingerprint density at radius 2 is 1.87 bits per heavy atom. The largest absolute Gasteiger partial charge is 0.457 e. The van der Waals surface area contributed by atoms with E-state index in [0.29, 0.717) is 16.5 Å². The van der Waals surface area contributed by atoms with Crippen molar-refractivity contribution in [2.75, 3.05) is 6.26 Å². The molecule has 2 aromatic carbocycles. The maximum absolute atomic E-state index is 12.5. The van der Waals surface area contributed by atoms with Crippen LogP contribution in [-0.4, -0.2) is 20.6 Å². The molecule has 0 radical (unpaired) electrons. The number of carbonyl (C=O) groups is 1. The van der Waals surface area contributed by atoms with Crippen LogP contribution >= 0.6 is 11.6 Å². The van der Waals surface area contributed by atoms with E-state index in [1.54, 1.807) is 6.07 Å². The third-order valence-corrected chi connectivity index (χ3v) is 6.34. The van der Waals surface area contributed by atoms with Gasteiger partial charge in [0.1, 0.15) is 12.2 Å². The molecule has 0 atom stereocenters. The zero-order valence-corrected chi connectivity index (χ0v) is 18.6. The van der Waals surface area contributed by atoms with Gasteiger partial charge in [-0.05, 0) is 54.3 Å². The lowest BCUT2D eigenvalue weighted by atomic mass is 9.95. The van der Waals surface area contributed by atoms with Crippen molar-refractivity contribution in [3.63, 3.8) is 0 Å². The smallest absolute Gasteiger partial charge is 0.338 e. The number of hydrogen-bond donors (Lipinski definition) is 0. The second-order valence-corrected chi connectivity index (χ2v) is 9.84. The molecule has 8 heteroatoms. The van der Waals surface area contributed by atoms with E-state index in [2.05, 4.69) is 13.8 Å². The van der Waals surface area contributed by atoms with E-state index >= 15 is 0 Å². The average molecular weight is 449 g/mol. The lowest BCUT2D eigenvalue weighted by Gasteiger charge is -2.13. The Morgan fingerprint density at radius 3 is 2.50 bits per heavy atom. The summed E-state index contributed by atoms with van der Waals surface area (Å²) in [6.07, 6.45) is 1.01. The molecule has 1 heterocycles. The molecule has 0 unspecified atom stereocenters. The van der Waals surface area contributed by atoms with E-state index in [0.717, 1.165) is 17.4 Å². The molecule has 0 amide bonds. The number of fused-ring (bicyclic) bond motifs is 1. The summed E-state index contributed by atoms with van der Waals surface area (Å²) in [6, 6.07) is 8.92. The monoisotopic (exact) mass is 448 g/mol. The van der Waals surface area contributed by atoms with E-state index in [4.69, 9.17) is 20.8 Å². The van der Waals surface area contributed by atoms with Crippen LogP contribution in [0.5, 0.6) is 0 Å². The van der Waals surface area contributed by atoms with Crippen LogP contribution < -0.4 is 5.63 Å². The van der Waals surface area contributed by atoms with Crippen LogP contribution in [0.2, 0.25) is 5.02 Å². The highest BCUT2D eigenvalue weighted by atomic mass is 35.5. The van der Waals surface area contributed by atoms with E-state index in [-0.39, 0.29) is 28.0 Å². The molecular formula is C22H21ClO6S. The lowest BCUT2D eigenvalue weighted by molar-refractivity contribution is 0.0473.